The van der Waals surface area contributed by atoms with Crippen molar-refractivity contribution in [3.8, 4) is 0 Å². The molecule has 2 rings (SSSR count). The van der Waals surface area contributed by atoms with Crippen molar-refractivity contribution in [3.05, 3.63) is 44.3 Å². The fraction of sp³-hybridized carbons (Fsp3) is 0.200. The zero-order chi connectivity index (χ0) is 9.97. The molecule has 14 heavy (non-hydrogen) atoms. The van der Waals surface area contributed by atoms with E-state index in [1.165, 1.54) is 0 Å². The molecule has 2 aromatic rings. The van der Waals surface area contributed by atoms with Gasteiger partial charge >= 0.3 is 0 Å². The molecule has 0 spiro atoms. The van der Waals surface area contributed by atoms with Gasteiger partial charge in [-0.1, -0.05) is 6.07 Å². The van der Waals surface area contributed by atoms with Crippen LogP contribution in [0.15, 0.2) is 29.6 Å². The summed E-state index contributed by atoms with van der Waals surface area (Å²) in [6.45, 7) is 0.543. The highest BCUT2D eigenvalue weighted by atomic mass is 32.1. The molecule has 0 fully saturated rings. The fourth-order valence-corrected chi connectivity index (χ4v) is 2.94. The van der Waals surface area contributed by atoms with Gasteiger partial charge in [0.25, 0.3) is 0 Å². The Kier molecular flexibility index (Phi) is 2.98. The number of aliphatic hydroxyl groups is 1. The topological polar surface area (TPSA) is 46.2 Å². The maximum Gasteiger partial charge on any atom is 0.122 e. The molecule has 0 radical (unpaired) electrons. The van der Waals surface area contributed by atoms with Crippen molar-refractivity contribution in [1.82, 2.24) is 0 Å². The Morgan fingerprint density at radius 3 is 2.71 bits per heavy atom. The monoisotopic (exact) mass is 225 g/mol. The van der Waals surface area contributed by atoms with Crippen molar-refractivity contribution in [2.75, 3.05) is 0 Å². The first-order chi connectivity index (χ1) is 6.81. The van der Waals surface area contributed by atoms with Crippen LogP contribution >= 0.6 is 22.7 Å². The summed E-state index contributed by atoms with van der Waals surface area (Å²) in [5.74, 6) is 0. The number of hydrogen-bond acceptors (Lipinski definition) is 4. The predicted octanol–water partition coefficient (Wildman–Crippen LogP) is 2.35. The second kappa shape index (κ2) is 4.23. The number of aliphatic hydroxyl groups excluding tert-OH is 1. The van der Waals surface area contributed by atoms with E-state index in [-0.39, 0.29) is 0 Å². The van der Waals surface area contributed by atoms with Gasteiger partial charge in [-0.25, -0.2) is 0 Å². The predicted molar refractivity (Wildman–Crippen MR) is 60.6 cm³/mol. The van der Waals surface area contributed by atoms with Crippen molar-refractivity contribution in [2.24, 2.45) is 5.73 Å². The van der Waals surface area contributed by atoms with Crippen LogP contribution in [0.2, 0.25) is 0 Å². The lowest BCUT2D eigenvalue weighted by Gasteiger charge is -2.04. The summed E-state index contributed by atoms with van der Waals surface area (Å²) < 4.78 is 0. The molecular formula is C10H11NOS2. The Morgan fingerprint density at radius 1 is 1.29 bits per heavy atom. The van der Waals surface area contributed by atoms with Crippen LogP contribution in [0.3, 0.4) is 0 Å². The largest absolute Gasteiger partial charge is 0.382 e. The van der Waals surface area contributed by atoms with E-state index in [4.69, 9.17) is 5.73 Å². The molecule has 74 valence electrons. The van der Waals surface area contributed by atoms with Crippen LogP contribution in [0.25, 0.3) is 0 Å². The summed E-state index contributed by atoms with van der Waals surface area (Å²) in [6, 6.07) is 7.80. The molecule has 2 heterocycles. The van der Waals surface area contributed by atoms with Crippen LogP contribution in [0.1, 0.15) is 20.7 Å². The van der Waals surface area contributed by atoms with Gasteiger partial charge in [-0.15, -0.1) is 22.7 Å². The summed E-state index contributed by atoms with van der Waals surface area (Å²) >= 11 is 3.14. The first kappa shape index (κ1) is 9.86. The van der Waals surface area contributed by atoms with Crippen molar-refractivity contribution in [3.63, 3.8) is 0 Å². The van der Waals surface area contributed by atoms with Crippen molar-refractivity contribution < 1.29 is 5.11 Å². The second-order valence-electron chi connectivity index (χ2n) is 2.93. The molecule has 4 heteroatoms. The van der Waals surface area contributed by atoms with E-state index in [2.05, 4.69) is 0 Å². The SMILES string of the molecule is NCc1ccc([C@@H](O)c2cccs2)s1. The van der Waals surface area contributed by atoms with Gasteiger partial charge in [0.1, 0.15) is 6.10 Å². The Morgan fingerprint density at radius 2 is 2.14 bits per heavy atom. The molecule has 0 unspecified atom stereocenters. The maximum absolute atomic E-state index is 9.97. The molecule has 0 aliphatic carbocycles. The highest BCUT2D eigenvalue weighted by Gasteiger charge is 2.13. The van der Waals surface area contributed by atoms with Crippen molar-refractivity contribution >= 4 is 22.7 Å². The highest BCUT2D eigenvalue weighted by molar-refractivity contribution is 7.12. The minimum absolute atomic E-state index is 0.486. The van der Waals surface area contributed by atoms with E-state index in [0.717, 1.165) is 14.6 Å². The lowest BCUT2D eigenvalue weighted by molar-refractivity contribution is 0.228. The van der Waals surface area contributed by atoms with Crippen LogP contribution in [0.5, 0.6) is 0 Å². The van der Waals surface area contributed by atoms with Crippen LogP contribution in [0.4, 0.5) is 0 Å². The average Bonchev–Trinajstić information content (AvgIpc) is 2.88. The highest BCUT2D eigenvalue weighted by Crippen LogP contribution is 2.30. The van der Waals surface area contributed by atoms with E-state index >= 15 is 0 Å². The molecule has 3 N–H and O–H groups in total. The maximum atomic E-state index is 9.97. The number of hydrogen-bond donors (Lipinski definition) is 2. The van der Waals surface area contributed by atoms with Gasteiger partial charge in [0.15, 0.2) is 0 Å². The summed E-state index contributed by atoms with van der Waals surface area (Å²) in [5, 5.41) is 11.9. The number of thiophene rings is 2. The minimum atomic E-state index is -0.486. The molecule has 0 saturated heterocycles. The van der Waals surface area contributed by atoms with E-state index in [0.29, 0.717) is 6.54 Å². The molecule has 1 atom stereocenters. The third-order valence-corrected chi connectivity index (χ3v) is 4.05. The van der Waals surface area contributed by atoms with Gasteiger partial charge in [0, 0.05) is 21.2 Å². The van der Waals surface area contributed by atoms with E-state index in [9.17, 15) is 5.11 Å². The van der Waals surface area contributed by atoms with Crippen LogP contribution in [0, 0.1) is 0 Å². The summed E-state index contributed by atoms with van der Waals surface area (Å²) in [6.07, 6.45) is -0.486. The second-order valence-corrected chi connectivity index (χ2v) is 5.11. The minimum Gasteiger partial charge on any atom is -0.382 e. The van der Waals surface area contributed by atoms with Gasteiger partial charge in [0.2, 0.25) is 0 Å². The number of rotatable bonds is 3. The Bertz CT molecular complexity index is 394. The Labute approximate surface area is 90.6 Å². The fourth-order valence-electron chi connectivity index (χ4n) is 1.24. The van der Waals surface area contributed by atoms with E-state index in [1.54, 1.807) is 22.7 Å². The molecule has 0 bridgehead atoms. The third kappa shape index (κ3) is 1.88. The summed E-state index contributed by atoms with van der Waals surface area (Å²) in [4.78, 5) is 3.05. The lowest BCUT2D eigenvalue weighted by Crippen LogP contribution is -1.93. The quantitative estimate of drug-likeness (QED) is 0.842. The van der Waals surface area contributed by atoms with Gasteiger partial charge in [-0.05, 0) is 23.6 Å². The lowest BCUT2D eigenvalue weighted by atomic mass is 10.2. The van der Waals surface area contributed by atoms with Crippen molar-refractivity contribution in [2.45, 2.75) is 12.6 Å². The molecule has 0 amide bonds. The van der Waals surface area contributed by atoms with Gasteiger partial charge in [0.05, 0.1) is 0 Å². The Hall–Kier alpha value is -0.680. The zero-order valence-corrected chi connectivity index (χ0v) is 9.15. The smallest absolute Gasteiger partial charge is 0.122 e. The van der Waals surface area contributed by atoms with Crippen molar-refractivity contribution in [1.29, 1.82) is 0 Å². The molecule has 0 saturated carbocycles. The Balaban J connectivity index is 2.23. The molecule has 0 aromatic carbocycles. The first-order valence-electron chi connectivity index (χ1n) is 4.31. The molecule has 2 nitrogen and oxygen atoms in total. The molecular weight excluding hydrogens is 214 g/mol. The van der Waals surface area contributed by atoms with Gasteiger partial charge in [-0.3, -0.25) is 0 Å². The zero-order valence-electron chi connectivity index (χ0n) is 7.51. The molecule has 0 aliphatic rings. The number of nitrogens with two attached hydrogens (primary N) is 1. The van der Waals surface area contributed by atoms with E-state index < -0.39 is 6.10 Å². The third-order valence-electron chi connectivity index (χ3n) is 1.97. The van der Waals surface area contributed by atoms with Crippen LogP contribution < -0.4 is 5.73 Å². The van der Waals surface area contributed by atoms with Gasteiger partial charge in [-0.2, -0.15) is 0 Å². The summed E-state index contributed by atoms with van der Waals surface area (Å²) in [5.41, 5.74) is 5.51. The molecule has 2 aromatic heterocycles. The van der Waals surface area contributed by atoms with Crippen LogP contribution in [-0.4, -0.2) is 5.11 Å². The molecule has 0 aliphatic heterocycles. The van der Waals surface area contributed by atoms with Gasteiger partial charge < -0.3 is 10.8 Å². The van der Waals surface area contributed by atoms with E-state index in [1.807, 2.05) is 29.6 Å². The average molecular weight is 225 g/mol. The first-order valence-corrected chi connectivity index (χ1v) is 6.01. The summed E-state index contributed by atoms with van der Waals surface area (Å²) in [7, 11) is 0. The van der Waals surface area contributed by atoms with Crippen LogP contribution in [-0.2, 0) is 6.54 Å². The normalized spacial score (nSPS) is 13.0. The standard InChI is InChI=1S/C10H11NOS2/c11-6-7-3-4-9(14-7)10(12)8-2-1-5-13-8/h1-5,10,12H,6,11H2/t10-/m0/s1.